The third kappa shape index (κ3) is 1.09. The van der Waals surface area contributed by atoms with Gasteiger partial charge < -0.3 is 0 Å². The molecule has 0 aliphatic heterocycles. The summed E-state index contributed by atoms with van der Waals surface area (Å²) >= 11 is 4.84. The Morgan fingerprint density at radius 2 is 2.62 bits per heavy atom. The maximum absolute atomic E-state index is 4.13. The van der Waals surface area contributed by atoms with Gasteiger partial charge in [-0.25, -0.2) is 0 Å². The van der Waals surface area contributed by atoms with E-state index >= 15 is 0 Å². The first-order valence-corrected chi connectivity index (χ1v) is 4.26. The van der Waals surface area contributed by atoms with E-state index in [1.54, 1.807) is 0 Å². The Bertz CT molecular complexity index is 173. The van der Waals surface area contributed by atoms with Crippen LogP contribution in [0.25, 0.3) is 0 Å². The van der Waals surface area contributed by atoms with Gasteiger partial charge in [-0.05, 0) is 24.0 Å². The Hall–Kier alpha value is 0.110. The molecule has 8 heavy (non-hydrogen) atoms. The Kier molecular flexibility index (Phi) is 2.02. The van der Waals surface area contributed by atoms with Gasteiger partial charge in [-0.2, -0.15) is 4.37 Å². The maximum atomic E-state index is 4.13. The summed E-state index contributed by atoms with van der Waals surface area (Å²) < 4.78 is 4.13. The van der Waals surface area contributed by atoms with Crippen LogP contribution in [0.5, 0.6) is 0 Å². The maximum Gasteiger partial charge on any atom is 0.0676 e. The molecule has 0 aromatic carbocycles. The first-order chi connectivity index (χ1) is 3.84. The van der Waals surface area contributed by atoms with Crippen LogP contribution in [0.4, 0.5) is 0 Å². The minimum absolute atomic E-state index is 0.877. The lowest BCUT2D eigenvalue weighted by molar-refractivity contribution is 1.25. The highest BCUT2D eigenvalue weighted by molar-refractivity contribution is 9.08. The summed E-state index contributed by atoms with van der Waals surface area (Å²) in [5, 5.41) is 2.93. The van der Waals surface area contributed by atoms with E-state index in [-0.39, 0.29) is 0 Å². The molecule has 1 heterocycles. The van der Waals surface area contributed by atoms with Gasteiger partial charge >= 0.3 is 0 Å². The van der Waals surface area contributed by atoms with Gasteiger partial charge in [-0.1, -0.05) is 15.9 Å². The molecule has 44 valence electrons. The Labute approximate surface area is 61.0 Å². The standard InChI is InChI=1S/C5H6BrNS/c1-4-3-8-7-5(4)2-6/h3H,2H2,1H3. The Morgan fingerprint density at radius 3 is 2.88 bits per heavy atom. The largest absolute Gasteiger partial charge is 0.197 e. The molecule has 1 rings (SSSR count). The minimum Gasteiger partial charge on any atom is -0.197 e. The highest BCUT2D eigenvalue weighted by Crippen LogP contribution is 2.11. The second-order valence-corrected chi connectivity index (χ2v) is 2.77. The number of aromatic nitrogens is 1. The van der Waals surface area contributed by atoms with Gasteiger partial charge in [0.05, 0.1) is 5.69 Å². The van der Waals surface area contributed by atoms with Crippen molar-refractivity contribution in [3.63, 3.8) is 0 Å². The van der Waals surface area contributed by atoms with Gasteiger partial charge in [-0.15, -0.1) is 0 Å². The van der Waals surface area contributed by atoms with E-state index < -0.39 is 0 Å². The van der Waals surface area contributed by atoms with Crippen LogP contribution in [0.2, 0.25) is 0 Å². The zero-order valence-corrected chi connectivity index (χ0v) is 6.92. The number of nitrogens with zero attached hydrogens (tertiary/aromatic N) is 1. The van der Waals surface area contributed by atoms with E-state index in [2.05, 4.69) is 32.6 Å². The molecule has 0 N–H and O–H groups in total. The molecule has 1 nitrogen and oxygen atoms in total. The van der Waals surface area contributed by atoms with Crippen molar-refractivity contribution < 1.29 is 0 Å². The van der Waals surface area contributed by atoms with Crippen molar-refractivity contribution in [1.29, 1.82) is 0 Å². The van der Waals surface area contributed by atoms with Crippen molar-refractivity contribution in [3.8, 4) is 0 Å². The van der Waals surface area contributed by atoms with Crippen molar-refractivity contribution in [1.82, 2.24) is 4.37 Å². The molecular weight excluding hydrogens is 186 g/mol. The summed E-state index contributed by atoms with van der Waals surface area (Å²) in [6.07, 6.45) is 0. The van der Waals surface area contributed by atoms with E-state index in [0.29, 0.717) is 0 Å². The van der Waals surface area contributed by atoms with Crippen LogP contribution in [0.1, 0.15) is 11.3 Å². The number of aryl methyl sites for hydroxylation is 1. The van der Waals surface area contributed by atoms with Crippen molar-refractivity contribution in [3.05, 3.63) is 16.6 Å². The number of alkyl halides is 1. The van der Waals surface area contributed by atoms with Gasteiger partial charge in [0.2, 0.25) is 0 Å². The first-order valence-electron chi connectivity index (χ1n) is 2.30. The van der Waals surface area contributed by atoms with Crippen LogP contribution in [0, 0.1) is 6.92 Å². The predicted octanol–water partition coefficient (Wildman–Crippen LogP) is 2.35. The first kappa shape index (κ1) is 6.23. The van der Waals surface area contributed by atoms with E-state index in [1.807, 2.05) is 0 Å². The molecule has 0 aliphatic carbocycles. The van der Waals surface area contributed by atoms with Gasteiger partial charge in [0, 0.05) is 10.7 Å². The van der Waals surface area contributed by atoms with Crippen LogP contribution >= 0.6 is 27.5 Å². The van der Waals surface area contributed by atoms with Crippen LogP contribution < -0.4 is 0 Å². The predicted molar refractivity (Wildman–Crippen MR) is 39.5 cm³/mol. The molecule has 1 aromatic heterocycles. The molecule has 0 atom stereocenters. The third-order valence-corrected chi connectivity index (χ3v) is 2.29. The smallest absolute Gasteiger partial charge is 0.0676 e. The summed E-state index contributed by atoms with van der Waals surface area (Å²) in [4.78, 5) is 0. The van der Waals surface area contributed by atoms with Crippen LogP contribution in [-0.4, -0.2) is 4.37 Å². The fraction of sp³-hybridized carbons (Fsp3) is 0.400. The Morgan fingerprint density at radius 1 is 1.88 bits per heavy atom. The van der Waals surface area contributed by atoms with Gasteiger partial charge in [0.1, 0.15) is 0 Å². The molecule has 0 saturated carbocycles. The summed E-state index contributed by atoms with van der Waals surface area (Å²) in [5.41, 5.74) is 2.45. The van der Waals surface area contributed by atoms with E-state index in [4.69, 9.17) is 0 Å². The molecule has 1 aromatic rings. The fourth-order valence-electron chi connectivity index (χ4n) is 0.439. The summed E-state index contributed by atoms with van der Waals surface area (Å²) in [7, 11) is 0. The van der Waals surface area contributed by atoms with E-state index in [9.17, 15) is 0 Å². The molecule has 3 heteroatoms. The fourth-order valence-corrected chi connectivity index (χ4v) is 1.86. The zero-order valence-electron chi connectivity index (χ0n) is 4.52. The number of hydrogen-bond donors (Lipinski definition) is 0. The summed E-state index contributed by atoms with van der Waals surface area (Å²) in [5.74, 6) is 0. The topological polar surface area (TPSA) is 12.9 Å². The molecule has 0 bridgehead atoms. The van der Waals surface area contributed by atoms with Gasteiger partial charge in [-0.3, -0.25) is 0 Å². The van der Waals surface area contributed by atoms with Crippen molar-refractivity contribution in [2.75, 3.05) is 0 Å². The van der Waals surface area contributed by atoms with Crippen LogP contribution in [0.3, 0.4) is 0 Å². The molecule has 0 radical (unpaired) electrons. The molecule has 0 unspecified atom stereocenters. The summed E-state index contributed by atoms with van der Waals surface area (Å²) in [6.45, 7) is 2.07. The molecule has 0 spiro atoms. The molecule has 0 saturated heterocycles. The summed E-state index contributed by atoms with van der Waals surface area (Å²) in [6, 6.07) is 0. The average Bonchev–Trinajstić information content (AvgIpc) is 2.14. The van der Waals surface area contributed by atoms with Crippen LogP contribution in [0.15, 0.2) is 5.38 Å². The number of hydrogen-bond acceptors (Lipinski definition) is 2. The third-order valence-electron chi connectivity index (χ3n) is 0.974. The van der Waals surface area contributed by atoms with Crippen molar-refractivity contribution in [2.45, 2.75) is 12.3 Å². The molecular formula is C5H6BrNS. The number of rotatable bonds is 1. The van der Waals surface area contributed by atoms with Gasteiger partial charge in [0.25, 0.3) is 0 Å². The SMILES string of the molecule is Cc1csnc1CBr. The quantitative estimate of drug-likeness (QED) is 0.622. The zero-order chi connectivity index (χ0) is 5.98. The lowest BCUT2D eigenvalue weighted by Crippen LogP contribution is -1.76. The second-order valence-electron chi connectivity index (χ2n) is 1.58. The lowest BCUT2D eigenvalue weighted by Gasteiger charge is -1.84. The minimum atomic E-state index is 0.877. The molecule has 0 fully saturated rings. The van der Waals surface area contributed by atoms with Crippen molar-refractivity contribution >= 4 is 27.5 Å². The van der Waals surface area contributed by atoms with Gasteiger partial charge in [0.15, 0.2) is 0 Å². The molecule has 0 amide bonds. The highest BCUT2D eigenvalue weighted by Gasteiger charge is 1.95. The Balaban J connectivity index is 2.92. The average molecular weight is 192 g/mol. The van der Waals surface area contributed by atoms with Crippen LogP contribution in [-0.2, 0) is 5.33 Å². The highest BCUT2D eigenvalue weighted by atomic mass is 79.9. The van der Waals surface area contributed by atoms with E-state index in [1.165, 1.54) is 17.1 Å². The molecule has 0 aliphatic rings. The monoisotopic (exact) mass is 191 g/mol. The lowest BCUT2D eigenvalue weighted by atomic mass is 10.3. The normalized spacial score (nSPS) is 9.75. The van der Waals surface area contributed by atoms with E-state index in [0.717, 1.165) is 11.0 Å². The number of halogens is 1. The van der Waals surface area contributed by atoms with Crippen molar-refractivity contribution in [2.24, 2.45) is 0 Å². The second kappa shape index (κ2) is 2.60.